The molecular formula is C21H27N2O. The molecule has 3 aliphatic rings. The fourth-order valence-corrected chi connectivity index (χ4v) is 3.94. The SMILES string of the molecule is OC(C1=CC[CH]C(N2CCN(C3CCC3)CC2)=C1)c1ccccc1. The van der Waals surface area contributed by atoms with Crippen molar-refractivity contribution in [3.63, 3.8) is 0 Å². The van der Waals surface area contributed by atoms with Crippen molar-refractivity contribution in [3.8, 4) is 0 Å². The van der Waals surface area contributed by atoms with E-state index in [0.29, 0.717) is 0 Å². The van der Waals surface area contributed by atoms with E-state index in [1.165, 1.54) is 38.0 Å². The van der Waals surface area contributed by atoms with Crippen molar-refractivity contribution in [3.05, 3.63) is 65.7 Å². The first kappa shape index (κ1) is 15.9. The van der Waals surface area contributed by atoms with E-state index in [2.05, 4.69) is 28.4 Å². The Morgan fingerprint density at radius 1 is 1.00 bits per heavy atom. The maximum Gasteiger partial charge on any atom is 0.104 e. The summed E-state index contributed by atoms with van der Waals surface area (Å²) in [6, 6.07) is 10.8. The zero-order valence-corrected chi connectivity index (χ0v) is 14.3. The van der Waals surface area contributed by atoms with E-state index in [-0.39, 0.29) is 0 Å². The molecule has 0 bridgehead atoms. The fraction of sp³-hybridized carbons (Fsp3) is 0.476. The predicted octanol–water partition coefficient (Wildman–Crippen LogP) is 3.31. The summed E-state index contributed by atoms with van der Waals surface area (Å²) in [4.78, 5) is 5.15. The Kier molecular flexibility index (Phi) is 4.72. The van der Waals surface area contributed by atoms with Gasteiger partial charge >= 0.3 is 0 Å². The summed E-state index contributed by atoms with van der Waals surface area (Å²) < 4.78 is 0. The topological polar surface area (TPSA) is 26.7 Å². The summed E-state index contributed by atoms with van der Waals surface area (Å²) >= 11 is 0. The Hall–Kier alpha value is -1.58. The molecule has 24 heavy (non-hydrogen) atoms. The standard InChI is InChI=1S/C21H27N2O/c24-21(17-6-2-1-3-7-17)18-8-4-11-20(16-18)23-14-12-22(13-15-23)19-9-5-10-19/h1-3,6-8,11,16,19,21,24H,4-5,9-10,12-15H2. The number of aliphatic hydroxyl groups is 1. The molecule has 1 atom stereocenters. The van der Waals surface area contributed by atoms with Crippen molar-refractivity contribution in [1.82, 2.24) is 9.80 Å². The molecule has 3 heteroatoms. The summed E-state index contributed by atoms with van der Waals surface area (Å²) in [6.07, 6.45) is 11.2. The lowest BCUT2D eigenvalue weighted by Gasteiger charge is -2.44. The maximum absolute atomic E-state index is 10.7. The van der Waals surface area contributed by atoms with Gasteiger partial charge in [0.05, 0.1) is 0 Å². The van der Waals surface area contributed by atoms with Crippen molar-refractivity contribution in [1.29, 1.82) is 0 Å². The third-order valence-electron chi connectivity index (χ3n) is 5.70. The number of hydrogen-bond acceptors (Lipinski definition) is 3. The van der Waals surface area contributed by atoms with Gasteiger partial charge in [0.1, 0.15) is 6.10 Å². The minimum atomic E-state index is -0.522. The lowest BCUT2D eigenvalue weighted by molar-refractivity contribution is 0.0750. The van der Waals surface area contributed by atoms with Crippen molar-refractivity contribution < 1.29 is 5.11 Å². The molecule has 1 unspecified atom stereocenters. The highest BCUT2D eigenvalue weighted by Crippen LogP contribution is 2.31. The molecular weight excluding hydrogens is 296 g/mol. The van der Waals surface area contributed by atoms with Crippen LogP contribution in [0.2, 0.25) is 0 Å². The van der Waals surface area contributed by atoms with E-state index in [1.807, 2.05) is 30.3 Å². The Morgan fingerprint density at radius 2 is 1.75 bits per heavy atom. The molecule has 1 saturated heterocycles. The van der Waals surface area contributed by atoms with Crippen LogP contribution < -0.4 is 0 Å². The smallest absolute Gasteiger partial charge is 0.104 e. The van der Waals surface area contributed by atoms with Gasteiger partial charge in [-0.25, -0.2) is 0 Å². The number of nitrogens with zero attached hydrogens (tertiary/aromatic N) is 2. The summed E-state index contributed by atoms with van der Waals surface area (Å²) in [6.45, 7) is 4.56. The van der Waals surface area contributed by atoms with Crippen molar-refractivity contribution in [2.24, 2.45) is 0 Å². The van der Waals surface area contributed by atoms with E-state index >= 15 is 0 Å². The van der Waals surface area contributed by atoms with Crippen LogP contribution in [-0.4, -0.2) is 47.1 Å². The number of aliphatic hydroxyl groups excluding tert-OH is 1. The molecule has 0 aromatic heterocycles. The lowest BCUT2D eigenvalue weighted by Crippen LogP contribution is -2.51. The average Bonchev–Trinajstić information content (AvgIpc) is 2.61. The second kappa shape index (κ2) is 7.12. The molecule has 0 spiro atoms. The van der Waals surface area contributed by atoms with Crippen LogP contribution >= 0.6 is 0 Å². The first-order valence-electron chi connectivity index (χ1n) is 9.28. The molecule has 2 fully saturated rings. The third-order valence-corrected chi connectivity index (χ3v) is 5.70. The normalized spacial score (nSPS) is 24.1. The molecule has 127 valence electrons. The molecule has 1 aromatic carbocycles. The van der Waals surface area contributed by atoms with Crippen LogP contribution in [0.1, 0.15) is 37.4 Å². The number of piperazine rings is 1. The van der Waals surface area contributed by atoms with Crippen LogP contribution in [0.5, 0.6) is 0 Å². The third kappa shape index (κ3) is 3.28. The zero-order valence-electron chi connectivity index (χ0n) is 14.3. The second-order valence-electron chi connectivity index (χ2n) is 7.13. The van der Waals surface area contributed by atoms with Crippen LogP contribution in [0.3, 0.4) is 0 Å². The molecule has 1 saturated carbocycles. The van der Waals surface area contributed by atoms with E-state index in [0.717, 1.165) is 36.7 Å². The van der Waals surface area contributed by atoms with Gasteiger partial charge in [0.15, 0.2) is 0 Å². The highest BCUT2D eigenvalue weighted by molar-refractivity contribution is 5.39. The van der Waals surface area contributed by atoms with E-state index in [4.69, 9.17) is 0 Å². The van der Waals surface area contributed by atoms with Gasteiger partial charge in [0.2, 0.25) is 0 Å². The minimum absolute atomic E-state index is 0.522. The first-order valence-corrected chi connectivity index (χ1v) is 9.28. The lowest BCUT2D eigenvalue weighted by atomic mass is 9.91. The minimum Gasteiger partial charge on any atom is -0.384 e. The van der Waals surface area contributed by atoms with E-state index in [9.17, 15) is 5.11 Å². The Balaban J connectivity index is 1.41. The van der Waals surface area contributed by atoms with Gasteiger partial charge in [-0.05, 0) is 36.5 Å². The van der Waals surface area contributed by atoms with Gasteiger partial charge < -0.3 is 10.0 Å². The van der Waals surface area contributed by atoms with Crippen LogP contribution in [0.15, 0.2) is 53.8 Å². The van der Waals surface area contributed by atoms with Gasteiger partial charge in [-0.2, -0.15) is 0 Å². The van der Waals surface area contributed by atoms with Crippen molar-refractivity contribution in [2.45, 2.75) is 37.8 Å². The van der Waals surface area contributed by atoms with Crippen LogP contribution in [-0.2, 0) is 0 Å². The molecule has 1 heterocycles. The molecule has 1 aliphatic heterocycles. The Labute approximate surface area is 145 Å². The molecule has 4 rings (SSSR count). The average molecular weight is 323 g/mol. The van der Waals surface area contributed by atoms with Gasteiger partial charge in [-0.3, -0.25) is 4.90 Å². The summed E-state index contributed by atoms with van der Waals surface area (Å²) in [5, 5.41) is 10.7. The number of hydrogen-bond donors (Lipinski definition) is 1. The van der Waals surface area contributed by atoms with Gasteiger partial charge in [0.25, 0.3) is 0 Å². The van der Waals surface area contributed by atoms with Crippen LogP contribution in [0, 0.1) is 6.42 Å². The van der Waals surface area contributed by atoms with E-state index < -0.39 is 6.10 Å². The highest BCUT2D eigenvalue weighted by Gasteiger charge is 2.29. The number of rotatable bonds is 4. The second-order valence-corrected chi connectivity index (χ2v) is 7.13. The first-order chi connectivity index (χ1) is 11.8. The quantitative estimate of drug-likeness (QED) is 0.921. The van der Waals surface area contributed by atoms with Crippen molar-refractivity contribution >= 4 is 0 Å². The Bertz CT molecular complexity index is 610. The molecule has 0 amide bonds. The fourth-order valence-electron chi connectivity index (χ4n) is 3.94. The van der Waals surface area contributed by atoms with Crippen molar-refractivity contribution in [2.75, 3.05) is 26.2 Å². The zero-order chi connectivity index (χ0) is 16.4. The molecule has 1 aromatic rings. The summed E-state index contributed by atoms with van der Waals surface area (Å²) in [5.74, 6) is 0. The van der Waals surface area contributed by atoms with Crippen LogP contribution in [0.25, 0.3) is 0 Å². The molecule has 3 nitrogen and oxygen atoms in total. The van der Waals surface area contributed by atoms with Gasteiger partial charge in [-0.15, -0.1) is 0 Å². The predicted molar refractivity (Wildman–Crippen MR) is 97.3 cm³/mol. The molecule has 2 aliphatic carbocycles. The van der Waals surface area contributed by atoms with E-state index in [1.54, 1.807) is 0 Å². The Morgan fingerprint density at radius 3 is 2.42 bits per heavy atom. The van der Waals surface area contributed by atoms with Gasteiger partial charge in [0, 0.05) is 44.3 Å². The maximum atomic E-state index is 10.7. The van der Waals surface area contributed by atoms with Crippen LogP contribution in [0.4, 0.5) is 0 Å². The molecule has 1 N–H and O–H groups in total. The van der Waals surface area contributed by atoms with Gasteiger partial charge in [-0.1, -0.05) is 42.8 Å². The summed E-state index contributed by atoms with van der Waals surface area (Å²) in [7, 11) is 0. The largest absolute Gasteiger partial charge is 0.384 e. The molecule has 1 radical (unpaired) electrons. The number of benzene rings is 1. The summed E-state index contributed by atoms with van der Waals surface area (Å²) in [5.41, 5.74) is 3.28. The highest BCUT2D eigenvalue weighted by atomic mass is 16.3. The number of allylic oxidation sites excluding steroid dienone is 2. The monoisotopic (exact) mass is 323 g/mol.